The number of nitrogens with zero attached hydrogens (tertiary/aromatic N) is 1. The van der Waals surface area contributed by atoms with Gasteiger partial charge in [0.25, 0.3) is 0 Å². The van der Waals surface area contributed by atoms with E-state index in [4.69, 9.17) is 19.1 Å². The lowest BCUT2D eigenvalue weighted by Gasteiger charge is -2.03. The number of methoxy groups -OCH3 is 2. The van der Waals surface area contributed by atoms with Gasteiger partial charge in [-0.05, 0) is 35.4 Å². The summed E-state index contributed by atoms with van der Waals surface area (Å²) in [5.74, 6) is 1.56. The van der Waals surface area contributed by atoms with Gasteiger partial charge in [-0.25, -0.2) is 0 Å². The van der Waals surface area contributed by atoms with Gasteiger partial charge in [0.15, 0.2) is 13.2 Å². The molecule has 0 aromatic heterocycles. The summed E-state index contributed by atoms with van der Waals surface area (Å²) in [5, 5.41) is 0.167. The minimum absolute atomic E-state index is 0.167. The van der Waals surface area contributed by atoms with Crippen molar-refractivity contribution in [1.29, 1.82) is 0 Å². The molecule has 0 aliphatic rings. The van der Waals surface area contributed by atoms with Crippen LogP contribution in [0.3, 0.4) is 0 Å². The molecule has 0 saturated heterocycles. The Labute approximate surface area is 141 Å². The van der Waals surface area contributed by atoms with Crippen LogP contribution in [-0.2, 0) is 22.5 Å². The van der Waals surface area contributed by atoms with E-state index in [2.05, 4.69) is 0 Å². The molecule has 0 fully saturated rings. The van der Waals surface area contributed by atoms with Crippen LogP contribution in [0.25, 0.3) is 0 Å². The van der Waals surface area contributed by atoms with Crippen LogP contribution in [0.5, 0.6) is 11.5 Å². The third kappa shape index (κ3) is 5.79. The van der Waals surface area contributed by atoms with Crippen LogP contribution in [0.2, 0.25) is 0 Å². The minimum atomic E-state index is 0.167. The number of ether oxygens (including phenoxy) is 2. The van der Waals surface area contributed by atoms with E-state index in [0.29, 0.717) is 12.8 Å². The molecule has 0 radical (unpaired) electrons. The second-order valence-electron chi connectivity index (χ2n) is 5.09. The second kappa shape index (κ2) is 9.39. The smallest absolute Gasteiger partial charge is 0.477 e. The minimum Gasteiger partial charge on any atom is -0.497 e. The van der Waals surface area contributed by atoms with E-state index in [0.717, 1.165) is 22.6 Å². The molecular weight excluding hydrogens is 310 g/mol. The van der Waals surface area contributed by atoms with E-state index in [9.17, 15) is 4.91 Å². The average molecular weight is 332 g/mol. The Kier molecular flexibility index (Phi) is 6.89. The van der Waals surface area contributed by atoms with Gasteiger partial charge in [0.2, 0.25) is 0 Å². The molecule has 0 unspecified atom stereocenters. The van der Waals surface area contributed by atoms with Gasteiger partial charge in [-0.2, -0.15) is 9.68 Å². The molecule has 6 heteroatoms. The van der Waals surface area contributed by atoms with Crippen LogP contribution in [0.15, 0.2) is 48.5 Å². The fourth-order valence-corrected chi connectivity index (χ4v) is 2.17. The first-order valence-electron chi connectivity index (χ1n) is 7.70. The maximum absolute atomic E-state index is 11.5. The van der Waals surface area contributed by atoms with Crippen molar-refractivity contribution in [3.8, 4) is 11.5 Å². The molecule has 2 aromatic rings. The van der Waals surface area contributed by atoms with Gasteiger partial charge in [-0.15, -0.1) is 0 Å². The molecule has 2 aromatic carbocycles. The van der Waals surface area contributed by atoms with E-state index in [1.807, 2.05) is 48.5 Å². The Bertz CT molecular complexity index is 604. The summed E-state index contributed by atoms with van der Waals surface area (Å²) in [6, 6.07) is 15.2. The van der Waals surface area contributed by atoms with Crippen LogP contribution in [-0.4, -0.2) is 32.5 Å². The van der Waals surface area contributed by atoms with E-state index < -0.39 is 0 Å². The number of benzene rings is 2. The fraction of sp³-hybridized carbons (Fsp3) is 0.333. The van der Waals surface area contributed by atoms with E-state index in [-0.39, 0.29) is 18.3 Å². The van der Waals surface area contributed by atoms with Crippen molar-refractivity contribution < 1.29 is 24.2 Å². The van der Waals surface area contributed by atoms with Crippen LogP contribution in [0.4, 0.5) is 0 Å². The van der Waals surface area contributed by atoms with Gasteiger partial charge in [-0.3, -0.25) is 0 Å². The normalized spacial score (nSPS) is 10.1. The monoisotopic (exact) mass is 332 g/mol. The standard InChI is InChI=1S/C18H22NO5/c1-21-17-7-3-5-15(13-17)9-11-23-19(20)24-12-10-16-6-4-8-18(14-16)22-2/h3-8,13-14H,9-12H2,1-2H3/q+1. The summed E-state index contributed by atoms with van der Waals surface area (Å²) in [6.45, 7) is 0.464. The summed E-state index contributed by atoms with van der Waals surface area (Å²) in [6.07, 6.45) is 1.18. The Morgan fingerprint density at radius 2 is 1.25 bits per heavy atom. The van der Waals surface area contributed by atoms with Crippen LogP contribution in [0.1, 0.15) is 11.1 Å². The van der Waals surface area contributed by atoms with Gasteiger partial charge in [0.1, 0.15) is 16.4 Å². The van der Waals surface area contributed by atoms with Crippen molar-refractivity contribution in [2.75, 3.05) is 27.4 Å². The number of rotatable bonds is 10. The van der Waals surface area contributed by atoms with E-state index in [1.54, 1.807) is 14.2 Å². The molecule has 128 valence electrons. The van der Waals surface area contributed by atoms with Gasteiger partial charge < -0.3 is 9.47 Å². The summed E-state index contributed by atoms with van der Waals surface area (Å²) in [7, 11) is 3.23. The van der Waals surface area contributed by atoms with Crippen molar-refractivity contribution in [3.05, 3.63) is 64.6 Å². The lowest BCUT2D eigenvalue weighted by Crippen LogP contribution is -2.14. The van der Waals surface area contributed by atoms with Crippen LogP contribution < -0.4 is 9.47 Å². The zero-order valence-electron chi connectivity index (χ0n) is 13.9. The Morgan fingerprint density at radius 1 is 0.792 bits per heavy atom. The quantitative estimate of drug-likeness (QED) is 0.626. The summed E-state index contributed by atoms with van der Waals surface area (Å²) in [4.78, 5) is 21.5. The third-order valence-electron chi connectivity index (χ3n) is 3.44. The highest BCUT2D eigenvalue weighted by Gasteiger charge is 2.12. The molecule has 0 saturated carbocycles. The summed E-state index contributed by atoms with van der Waals surface area (Å²) in [5.41, 5.74) is 2.05. The van der Waals surface area contributed by atoms with Crippen molar-refractivity contribution in [3.63, 3.8) is 0 Å². The maximum Gasteiger partial charge on any atom is 0.477 e. The Morgan fingerprint density at radius 3 is 1.67 bits per heavy atom. The molecule has 0 aliphatic heterocycles. The highest BCUT2D eigenvalue weighted by molar-refractivity contribution is 5.29. The fourth-order valence-electron chi connectivity index (χ4n) is 2.17. The predicted molar refractivity (Wildman–Crippen MR) is 88.9 cm³/mol. The first-order chi connectivity index (χ1) is 11.7. The van der Waals surface area contributed by atoms with Crippen LogP contribution in [0, 0.1) is 4.91 Å². The molecule has 0 spiro atoms. The molecule has 0 aliphatic carbocycles. The van der Waals surface area contributed by atoms with Crippen molar-refractivity contribution in [2.24, 2.45) is 0 Å². The lowest BCUT2D eigenvalue weighted by atomic mass is 10.1. The average Bonchev–Trinajstić information content (AvgIpc) is 2.62. The van der Waals surface area contributed by atoms with Gasteiger partial charge in [0, 0.05) is 12.8 Å². The number of hydrogen-bond donors (Lipinski definition) is 0. The first-order valence-corrected chi connectivity index (χ1v) is 7.70. The lowest BCUT2D eigenvalue weighted by molar-refractivity contribution is -0.981. The van der Waals surface area contributed by atoms with E-state index in [1.165, 1.54) is 0 Å². The first kappa shape index (κ1) is 17.6. The maximum atomic E-state index is 11.5. The summed E-state index contributed by atoms with van der Waals surface area (Å²) >= 11 is 0. The molecule has 0 bridgehead atoms. The zero-order valence-corrected chi connectivity index (χ0v) is 13.9. The van der Waals surface area contributed by atoms with Gasteiger partial charge in [-0.1, -0.05) is 24.3 Å². The molecule has 0 amide bonds. The zero-order chi connectivity index (χ0) is 17.2. The Hall–Kier alpha value is -2.76. The number of hydrogen-bond acceptors (Lipinski definition) is 5. The molecule has 2 rings (SSSR count). The predicted octanol–water partition coefficient (Wildman–Crippen LogP) is 3.13. The molecule has 0 atom stereocenters. The van der Waals surface area contributed by atoms with Crippen LogP contribution >= 0.6 is 0 Å². The van der Waals surface area contributed by atoms with Crippen molar-refractivity contribution in [2.45, 2.75) is 12.8 Å². The highest BCUT2D eigenvalue weighted by atomic mass is 17.0. The van der Waals surface area contributed by atoms with E-state index >= 15 is 0 Å². The van der Waals surface area contributed by atoms with Gasteiger partial charge in [0.05, 0.1) is 14.2 Å². The van der Waals surface area contributed by atoms with Gasteiger partial charge >= 0.3 is 5.09 Å². The SMILES string of the molecule is COc1cccc(CCO[N+](=O)OCCc2cccc(OC)c2)c1. The summed E-state index contributed by atoms with van der Waals surface area (Å²) < 4.78 is 10.3. The van der Waals surface area contributed by atoms with Crippen molar-refractivity contribution >= 4 is 0 Å². The Balaban J connectivity index is 1.66. The topological polar surface area (TPSA) is 57.0 Å². The molecule has 0 heterocycles. The van der Waals surface area contributed by atoms with Crippen molar-refractivity contribution in [1.82, 2.24) is 0 Å². The second-order valence-corrected chi connectivity index (χ2v) is 5.09. The molecule has 24 heavy (non-hydrogen) atoms. The molecular formula is C18H22NO5+. The molecule has 6 nitrogen and oxygen atoms in total. The molecule has 0 N–H and O–H groups in total. The highest BCUT2D eigenvalue weighted by Crippen LogP contribution is 2.14. The third-order valence-corrected chi connectivity index (χ3v) is 3.44. The largest absolute Gasteiger partial charge is 0.497 e.